The molecule has 10 heteroatoms. The summed E-state index contributed by atoms with van der Waals surface area (Å²) < 4.78 is 5.50. The number of hydrogen-bond acceptors (Lipinski definition) is 7. The number of nitrogens with one attached hydrogen (secondary N) is 1. The number of rotatable bonds is 6. The van der Waals surface area contributed by atoms with Crippen LogP contribution in [0.3, 0.4) is 0 Å². The Morgan fingerprint density at radius 1 is 0.957 bits per heavy atom. The van der Waals surface area contributed by atoms with Crippen molar-refractivity contribution >= 4 is 34.4 Å². The van der Waals surface area contributed by atoms with Gasteiger partial charge in [-0.25, -0.2) is 9.78 Å². The van der Waals surface area contributed by atoms with E-state index in [1.54, 1.807) is 21.4 Å². The molecule has 1 saturated heterocycles. The van der Waals surface area contributed by atoms with Crippen LogP contribution in [0.2, 0.25) is 0 Å². The molecule has 240 valence electrons. The Bertz CT molecular complexity index is 1800. The molecule has 3 amide bonds. The van der Waals surface area contributed by atoms with Crippen LogP contribution in [0.1, 0.15) is 65.0 Å². The highest BCUT2D eigenvalue weighted by atomic mass is 32.1. The monoisotopic (exact) mass is 647 g/mol. The van der Waals surface area contributed by atoms with E-state index in [-0.39, 0.29) is 17.9 Å². The Morgan fingerprint density at radius 2 is 1.66 bits per heavy atom. The SMILES string of the molecule is CC(C)(C)OC(=O)N1CCN(Cc2ccc(C#Cc3ccc4c(c3)C(=O)N([C@@H](C(=O)Nc3nccs3)c3ccccc3)C4)cc2)CC1. The van der Waals surface area contributed by atoms with Crippen LogP contribution in [0.15, 0.2) is 84.4 Å². The molecule has 1 atom stereocenters. The molecule has 0 aliphatic carbocycles. The first-order valence-corrected chi connectivity index (χ1v) is 16.5. The Morgan fingerprint density at radius 3 is 2.34 bits per heavy atom. The highest BCUT2D eigenvalue weighted by molar-refractivity contribution is 7.13. The summed E-state index contributed by atoms with van der Waals surface area (Å²) in [6, 6.07) is 22.3. The lowest BCUT2D eigenvalue weighted by Crippen LogP contribution is -2.49. The number of carbonyl (C=O) groups is 3. The van der Waals surface area contributed by atoms with Crippen molar-refractivity contribution in [2.24, 2.45) is 0 Å². The standard InChI is InChI=1S/C37H37N5O4S/c1-37(2,3)46-36(45)41-20-18-40(19-21-41)24-28-13-10-26(11-14-28)9-12-27-15-16-30-25-42(34(44)31(30)23-27)32(29-7-5-4-6-8-29)33(43)39-35-38-17-22-47-35/h4-8,10-11,13-17,22-23,32H,18-21,24-25H2,1-3H3,(H,38,39,43)/t32-/m1/s1. The van der Waals surface area contributed by atoms with Gasteiger partial charge in [0, 0.05) is 67.5 Å². The first-order valence-electron chi connectivity index (χ1n) is 15.6. The van der Waals surface area contributed by atoms with E-state index in [0.717, 1.165) is 41.9 Å². The minimum Gasteiger partial charge on any atom is -0.444 e. The number of anilines is 1. The van der Waals surface area contributed by atoms with E-state index in [0.29, 0.717) is 30.3 Å². The van der Waals surface area contributed by atoms with Gasteiger partial charge in [-0.2, -0.15) is 0 Å². The zero-order chi connectivity index (χ0) is 33.0. The number of carbonyl (C=O) groups excluding carboxylic acids is 3. The summed E-state index contributed by atoms with van der Waals surface area (Å²) in [4.78, 5) is 49.4. The summed E-state index contributed by atoms with van der Waals surface area (Å²) >= 11 is 1.33. The van der Waals surface area contributed by atoms with Crippen LogP contribution in [0.25, 0.3) is 0 Å². The first-order chi connectivity index (χ1) is 22.6. The number of piperazine rings is 1. The van der Waals surface area contributed by atoms with E-state index in [4.69, 9.17) is 4.74 Å². The van der Waals surface area contributed by atoms with Gasteiger partial charge in [0.25, 0.3) is 11.8 Å². The number of ether oxygens (including phenoxy) is 1. The number of thiazole rings is 1. The number of aromatic nitrogens is 1. The van der Waals surface area contributed by atoms with Gasteiger partial charge in [0.15, 0.2) is 5.13 Å². The van der Waals surface area contributed by atoms with Crippen LogP contribution in [0.4, 0.5) is 9.93 Å². The Kier molecular flexibility index (Phi) is 9.38. The first kappa shape index (κ1) is 32.0. The van der Waals surface area contributed by atoms with Gasteiger partial charge >= 0.3 is 6.09 Å². The molecule has 1 fully saturated rings. The molecule has 47 heavy (non-hydrogen) atoms. The van der Waals surface area contributed by atoms with Crippen molar-refractivity contribution in [3.63, 3.8) is 0 Å². The van der Waals surface area contributed by atoms with Crippen molar-refractivity contribution in [2.45, 2.75) is 45.5 Å². The minimum absolute atomic E-state index is 0.205. The minimum atomic E-state index is -0.804. The second kappa shape index (κ2) is 13.8. The summed E-state index contributed by atoms with van der Waals surface area (Å²) in [7, 11) is 0. The largest absolute Gasteiger partial charge is 0.444 e. The summed E-state index contributed by atoms with van der Waals surface area (Å²) in [5.41, 5.74) is 4.44. The number of amides is 3. The van der Waals surface area contributed by atoms with Gasteiger partial charge in [-0.05, 0) is 61.7 Å². The quantitative estimate of drug-likeness (QED) is 0.261. The molecule has 0 unspecified atom stereocenters. The summed E-state index contributed by atoms with van der Waals surface area (Å²) in [6.07, 6.45) is 1.38. The Labute approximate surface area is 279 Å². The smallest absolute Gasteiger partial charge is 0.410 e. The molecular formula is C37H37N5O4S. The van der Waals surface area contributed by atoms with Crippen molar-refractivity contribution in [1.29, 1.82) is 0 Å². The molecule has 3 aromatic carbocycles. The second-order valence-electron chi connectivity index (χ2n) is 12.6. The Balaban J connectivity index is 1.09. The molecule has 0 spiro atoms. The summed E-state index contributed by atoms with van der Waals surface area (Å²) in [6.45, 7) is 9.63. The molecule has 3 heterocycles. The van der Waals surface area contributed by atoms with Crippen LogP contribution in [0.5, 0.6) is 0 Å². The van der Waals surface area contributed by atoms with Gasteiger partial charge < -0.3 is 14.5 Å². The van der Waals surface area contributed by atoms with Crippen molar-refractivity contribution in [2.75, 3.05) is 31.5 Å². The van der Waals surface area contributed by atoms with Crippen LogP contribution < -0.4 is 5.32 Å². The molecule has 0 saturated carbocycles. The molecule has 4 aromatic rings. The molecule has 1 aromatic heterocycles. The zero-order valence-electron chi connectivity index (χ0n) is 26.7. The van der Waals surface area contributed by atoms with Crippen LogP contribution in [0, 0.1) is 11.8 Å². The fourth-order valence-electron chi connectivity index (χ4n) is 5.69. The molecule has 1 N–H and O–H groups in total. The van der Waals surface area contributed by atoms with E-state index < -0.39 is 11.6 Å². The van der Waals surface area contributed by atoms with E-state index in [1.165, 1.54) is 16.9 Å². The highest BCUT2D eigenvalue weighted by Gasteiger charge is 2.37. The van der Waals surface area contributed by atoms with Gasteiger partial charge in [-0.3, -0.25) is 19.8 Å². The van der Waals surface area contributed by atoms with E-state index in [9.17, 15) is 14.4 Å². The number of fused-ring (bicyclic) bond motifs is 1. The predicted octanol–water partition coefficient (Wildman–Crippen LogP) is 5.93. The third kappa shape index (κ3) is 7.88. The van der Waals surface area contributed by atoms with Crippen molar-refractivity contribution in [1.82, 2.24) is 19.7 Å². The van der Waals surface area contributed by atoms with Gasteiger partial charge in [0.2, 0.25) is 0 Å². The zero-order valence-corrected chi connectivity index (χ0v) is 27.5. The summed E-state index contributed by atoms with van der Waals surface area (Å²) in [5.74, 6) is 5.91. The van der Waals surface area contributed by atoms with E-state index in [1.807, 2.05) is 81.4 Å². The average Bonchev–Trinajstić information content (AvgIpc) is 3.68. The third-order valence-corrected chi connectivity index (χ3v) is 8.70. The lowest BCUT2D eigenvalue weighted by Gasteiger charge is -2.35. The normalized spacial score (nSPS) is 15.4. The van der Waals surface area contributed by atoms with Gasteiger partial charge in [0.1, 0.15) is 11.6 Å². The maximum Gasteiger partial charge on any atom is 0.410 e. The van der Waals surface area contributed by atoms with E-state index >= 15 is 0 Å². The van der Waals surface area contributed by atoms with Crippen molar-refractivity contribution in [3.8, 4) is 11.8 Å². The topological polar surface area (TPSA) is 95.1 Å². The van der Waals surface area contributed by atoms with E-state index in [2.05, 4.69) is 39.2 Å². The Hall–Kier alpha value is -4.98. The van der Waals surface area contributed by atoms with Crippen LogP contribution in [-0.2, 0) is 22.6 Å². The maximum atomic E-state index is 13.7. The molecule has 2 aliphatic heterocycles. The molecule has 9 nitrogen and oxygen atoms in total. The fourth-order valence-corrected chi connectivity index (χ4v) is 6.22. The molecule has 2 aliphatic rings. The number of benzene rings is 3. The van der Waals surface area contributed by atoms with Crippen LogP contribution in [-0.4, -0.2) is 69.4 Å². The van der Waals surface area contributed by atoms with Gasteiger partial charge in [-0.1, -0.05) is 60.4 Å². The molecular weight excluding hydrogens is 611 g/mol. The van der Waals surface area contributed by atoms with Gasteiger partial charge in [-0.15, -0.1) is 11.3 Å². The maximum absolute atomic E-state index is 13.7. The lowest BCUT2D eigenvalue weighted by atomic mass is 10.0. The second-order valence-corrected chi connectivity index (χ2v) is 13.5. The van der Waals surface area contributed by atoms with Crippen LogP contribution >= 0.6 is 11.3 Å². The predicted molar refractivity (Wildman–Crippen MR) is 182 cm³/mol. The van der Waals surface area contributed by atoms with Crippen molar-refractivity contribution in [3.05, 3.63) is 118 Å². The van der Waals surface area contributed by atoms with Gasteiger partial charge in [0.05, 0.1) is 0 Å². The average molecular weight is 648 g/mol. The molecule has 0 radical (unpaired) electrons. The molecule has 6 rings (SSSR count). The summed E-state index contributed by atoms with van der Waals surface area (Å²) in [5, 5.41) is 5.15. The number of nitrogens with zero attached hydrogens (tertiary/aromatic N) is 4. The number of hydrogen-bond donors (Lipinski definition) is 1. The highest BCUT2D eigenvalue weighted by Crippen LogP contribution is 2.33. The third-order valence-electron chi connectivity index (χ3n) is 8.01. The fraction of sp³-hybridized carbons (Fsp3) is 0.297. The molecule has 0 bridgehead atoms. The lowest BCUT2D eigenvalue weighted by molar-refractivity contribution is -0.120. The van der Waals surface area contributed by atoms with Crippen molar-refractivity contribution < 1.29 is 19.1 Å².